The summed E-state index contributed by atoms with van der Waals surface area (Å²) in [4.78, 5) is 2.47. The van der Waals surface area contributed by atoms with Gasteiger partial charge in [-0.25, -0.2) is 0 Å². The van der Waals surface area contributed by atoms with E-state index in [2.05, 4.69) is 36.2 Å². The third kappa shape index (κ3) is 3.34. The zero-order chi connectivity index (χ0) is 12.8. The average molecular weight is 242 g/mol. The molecule has 1 fully saturated rings. The predicted molar refractivity (Wildman–Crippen MR) is 74.1 cm³/mol. The molecule has 2 nitrogen and oxygen atoms in total. The van der Waals surface area contributed by atoms with E-state index in [1.165, 1.54) is 43.2 Å². The molecule has 96 valence electrons. The number of nitrogens with zero attached hydrogens (tertiary/aromatic N) is 2. The van der Waals surface area contributed by atoms with Gasteiger partial charge in [-0.1, -0.05) is 43.5 Å². The van der Waals surface area contributed by atoms with E-state index in [1.807, 2.05) is 6.07 Å². The molecule has 0 aromatic heterocycles. The first-order valence-electron chi connectivity index (χ1n) is 6.95. The molecule has 0 bridgehead atoms. The van der Waals surface area contributed by atoms with Gasteiger partial charge >= 0.3 is 0 Å². The molecular formula is C16H22N2. The van der Waals surface area contributed by atoms with Gasteiger partial charge in [-0.15, -0.1) is 0 Å². The maximum Gasteiger partial charge on any atom is 0.0669 e. The molecule has 2 rings (SSSR count). The van der Waals surface area contributed by atoms with E-state index in [1.54, 1.807) is 0 Å². The Bertz CT molecular complexity index is 413. The maximum atomic E-state index is 8.86. The van der Waals surface area contributed by atoms with Gasteiger partial charge in [0.15, 0.2) is 0 Å². The van der Waals surface area contributed by atoms with Crippen LogP contribution < -0.4 is 0 Å². The predicted octanol–water partition coefficient (Wildman–Crippen LogP) is 3.52. The van der Waals surface area contributed by atoms with Crippen LogP contribution in [0.25, 0.3) is 0 Å². The zero-order valence-corrected chi connectivity index (χ0v) is 11.2. The molecule has 0 unspecified atom stereocenters. The molecule has 0 saturated heterocycles. The third-order valence-corrected chi connectivity index (χ3v) is 4.01. The minimum absolute atomic E-state index is 0.522. The van der Waals surface area contributed by atoms with Crippen LogP contribution in [0.4, 0.5) is 0 Å². The highest BCUT2D eigenvalue weighted by Crippen LogP contribution is 2.23. The zero-order valence-electron chi connectivity index (χ0n) is 11.2. The molecule has 1 aromatic carbocycles. The molecule has 0 radical (unpaired) electrons. The Hall–Kier alpha value is -1.33. The minimum atomic E-state index is 0.522. The quantitative estimate of drug-likeness (QED) is 0.807. The molecule has 2 heteroatoms. The van der Waals surface area contributed by atoms with Gasteiger partial charge in [0, 0.05) is 12.6 Å². The fourth-order valence-electron chi connectivity index (χ4n) is 2.89. The van der Waals surface area contributed by atoms with Crippen molar-refractivity contribution < 1.29 is 0 Å². The van der Waals surface area contributed by atoms with Crippen molar-refractivity contribution >= 4 is 0 Å². The smallest absolute Gasteiger partial charge is 0.0669 e. The highest BCUT2D eigenvalue weighted by Gasteiger charge is 2.18. The molecule has 0 atom stereocenters. The van der Waals surface area contributed by atoms with Crippen molar-refractivity contribution in [3.63, 3.8) is 0 Å². The van der Waals surface area contributed by atoms with Crippen LogP contribution in [0.5, 0.6) is 0 Å². The van der Waals surface area contributed by atoms with Crippen molar-refractivity contribution in [2.75, 3.05) is 7.05 Å². The first kappa shape index (κ1) is 13.1. The second-order valence-electron chi connectivity index (χ2n) is 5.31. The fourth-order valence-corrected chi connectivity index (χ4v) is 2.89. The Morgan fingerprint density at radius 1 is 1.17 bits per heavy atom. The van der Waals surface area contributed by atoms with Gasteiger partial charge in [-0.2, -0.15) is 5.26 Å². The summed E-state index contributed by atoms with van der Waals surface area (Å²) in [7, 11) is 2.22. The monoisotopic (exact) mass is 242 g/mol. The number of hydrogen-bond acceptors (Lipinski definition) is 2. The van der Waals surface area contributed by atoms with Crippen molar-refractivity contribution in [3.8, 4) is 6.07 Å². The van der Waals surface area contributed by atoms with E-state index in [0.717, 1.165) is 12.6 Å². The normalized spacial score (nSPS) is 16.7. The summed E-state index contributed by atoms with van der Waals surface area (Å²) in [5.74, 6) is 0. The topological polar surface area (TPSA) is 27.0 Å². The number of nitriles is 1. The molecule has 1 aromatic rings. The van der Waals surface area contributed by atoms with Crippen molar-refractivity contribution in [3.05, 3.63) is 35.4 Å². The van der Waals surface area contributed by atoms with Crippen molar-refractivity contribution in [1.82, 2.24) is 4.90 Å². The minimum Gasteiger partial charge on any atom is -0.299 e. The van der Waals surface area contributed by atoms with E-state index in [4.69, 9.17) is 5.26 Å². The Labute approximate surface area is 110 Å². The van der Waals surface area contributed by atoms with Crippen molar-refractivity contribution in [2.45, 2.75) is 51.1 Å². The molecule has 0 N–H and O–H groups in total. The summed E-state index contributed by atoms with van der Waals surface area (Å²) in [5, 5.41) is 8.86. The molecule has 1 aliphatic carbocycles. The lowest BCUT2D eigenvalue weighted by molar-refractivity contribution is 0.184. The van der Waals surface area contributed by atoms with Crippen molar-refractivity contribution in [2.24, 2.45) is 0 Å². The van der Waals surface area contributed by atoms with Crippen LogP contribution in [0.3, 0.4) is 0 Å². The van der Waals surface area contributed by atoms with Crippen LogP contribution in [0, 0.1) is 11.3 Å². The van der Waals surface area contributed by atoms with Crippen LogP contribution in [0.2, 0.25) is 0 Å². The van der Waals surface area contributed by atoms with Crippen LogP contribution >= 0.6 is 0 Å². The number of benzene rings is 1. The largest absolute Gasteiger partial charge is 0.299 e. The summed E-state index contributed by atoms with van der Waals surface area (Å²) < 4.78 is 0. The molecule has 0 amide bonds. The van der Waals surface area contributed by atoms with Gasteiger partial charge in [0.05, 0.1) is 12.5 Å². The molecule has 0 spiro atoms. The summed E-state index contributed by atoms with van der Waals surface area (Å²) in [5.41, 5.74) is 2.50. The second kappa shape index (κ2) is 6.56. The Balaban J connectivity index is 2.01. The number of hydrogen-bond donors (Lipinski definition) is 0. The van der Waals surface area contributed by atoms with E-state index in [-0.39, 0.29) is 0 Å². The van der Waals surface area contributed by atoms with Crippen LogP contribution in [0.1, 0.15) is 43.2 Å². The van der Waals surface area contributed by atoms with E-state index >= 15 is 0 Å². The van der Waals surface area contributed by atoms with E-state index in [0.29, 0.717) is 6.42 Å². The standard InChI is InChI=1S/C16H22N2/c1-18(16-9-3-2-4-10-16)13-15-8-6-5-7-14(15)11-12-17/h5-8,16H,2-4,9-11,13H2,1H3. The lowest BCUT2D eigenvalue weighted by Gasteiger charge is -2.31. The molecular weight excluding hydrogens is 220 g/mol. The summed E-state index contributed by atoms with van der Waals surface area (Å²) >= 11 is 0. The van der Waals surface area contributed by atoms with Gasteiger partial charge in [0.2, 0.25) is 0 Å². The van der Waals surface area contributed by atoms with Crippen LogP contribution in [0.15, 0.2) is 24.3 Å². The van der Waals surface area contributed by atoms with Gasteiger partial charge < -0.3 is 0 Å². The summed E-state index contributed by atoms with van der Waals surface area (Å²) in [6, 6.07) is 11.3. The van der Waals surface area contributed by atoms with Gasteiger partial charge in [0.1, 0.15) is 0 Å². The Morgan fingerprint density at radius 3 is 2.50 bits per heavy atom. The highest BCUT2D eigenvalue weighted by atomic mass is 15.1. The van der Waals surface area contributed by atoms with Crippen LogP contribution in [-0.4, -0.2) is 18.0 Å². The van der Waals surface area contributed by atoms with Gasteiger partial charge in [-0.05, 0) is 31.0 Å². The first-order chi connectivity index (χ1) is 8.81. The maximum absolute atomic E-state index is 8.86. The molecule has 1 aliphatic rings. The van der Waals surface area contributed by atoms with Crippen molar-refractivity contribution in [1.29, 1.82) is 5.26 Å². The second-order valence-corrected chi connectivity index (χ2v) is 5.31. The lowest BCUT2D eigenvalue weighted by atomic mass is 9.94. The van der Waals surface area contributed by atoms with Gasteiger partial charge in [-0.3, -0.25) is 4.90 Å². The summed E-state index contributed by atoms with van der Waals surface area (Å²) in [6.07, 6.45) is 7.32. The highest BCUT2D eigenvalue weighted by molar-refractivity contribution is 5.29. The SMILES string of the molecule is CN(Cc1ccccc1CC#N)C1CCCCC1. The van der Waals surface area contributed by atoms with Gasteiger partial charge in [0.25, 0.3) is 0 Å². The molecule has 0 heterocycles. The molecule has 0 aliphatic heterocycles. The average Bonchev–Trinajstić information content (AvgIpc) is 2.42. The Morgan fingerprint density at radius 2 is 1.83 bits per heavy atom. The lowest BCUT2D eigenvalue weighted by Crippen LogP contribution is -2.33. The summed E-state index contributed by atoms with van der Waals surface area (Å²) in [6.45, 7) is 0.975. The third-order valence-electron chi connectivity index (χ3n) is 4.01. The van der Waals surface area contributed by atoms with E-state index in [9.17, 15) is 0 Å². The molecule has 1 saturated carbocycles. The van der Waals surface area contributed by atoms with E-state index < -0.39 is 0 Å². The van der Waals surface area contributed by atoms with Crippen LogP contribution in [-0.2, 0) is 13.0 Å². The Kier molecular flexibility index (Phi) is 4.78. The molecule has 18 heavy (non-hydrogen) atoms. The first-order valence-corrected chi connectivity index (χ1v) is 6.95. The number of rotatable bonds is 4. The fraction of sp³-hybridized carbons (Fsp3) is 0.562.